The lowest BCUT2D eigenvalue weighted by Crippen LogP contribution is -1.93. The molecule has 0 atom stereocenters. The molecule has 2 nitrogen and oxygen atoms in total. The van der Waals surface area contributed by atoms with E-state index in [-0.39, 0.29) is 41.8 Å². The molecule has 8 heteroatoms. The van der Waals surface area contributed by atoms with Crippen molar-refractivity contribution in [3.05, 3.63) is 60.8 Å². The first-order chi connectivity index (χ1) is 10.8. The van der Waals surface area contributed by atoms with Crippen LogP contribution in [0.3, 0.4) is 0 Å². The summed E-state index contributed by atoms with van der Waals surface area (Å²) in [5.74, 6) is -1.92. The molecule has 0 saturated heterocycles. The summed E-state index contributed by atoms with van der Waals surface area (Å²) < 4.78 is 14.7. The van der Waals surface area contributed by atoms with E-state index in [2.05, 4.69) is 0 Å². The molecule has 0 aliphatic rings. The van der Waals surface area contributed by atoms with Crippen LogP contribution in [0.5, 0.6) is 0 Å². The lowest BCUT2D eigenvalue weighted by atomic mass is 10.0. The lowest BCUT2D eigenvalue weighted by molar-refractivity contribution is -0.131. The van der Waals surface area contributed by atoms with E-state index in [1.54, 1.807) is 0 Å². The van der Waals surface area contributed by atoms with Gasteiger partial charge in [0.1, 0.15) is 5.82 Å². The second-order valence-electron chi connectivity index (χ2n) is 4.33. The molecule has 1 N–H and O–H groups in total. The van der Waals surface area contributed by atoms with Crippen LogP contribution < -0.4 is 0 Å². The van der Waals surface area contributed by atoms with Crippen LogP contribution in [0.2, 0.25) is 25.1 Å². The molecule has 0 radical (unpaired) electrons. The van der Waals surface area contributed by atoms with Crippen LogP contribution in [0.4, 0.5) is 4.39 Å². The number of aliphatic carboxylic acids is 1. The summed E-state index contributed by atoms with van der Waals surface area (Å²) in [6.07, 6.45) is 1.93. The Balaban J connectivity index is 2.74. The second kappa shape index (κ2) is 7.29. The molecule has 0 spiro atoms. The van der Waals surface area contributed by atoms with Crippen LogP contribution in [-0.2, 0) is 4.79 Å². The van der Waals surface area contributed by atoms with Crippen molar-refractivity contribution >= 4 is 70.1 Å². The Hall–Kier alpha value is -0.970. The van der Waals surface area contributed by atoms with Gasteiger partial charge in [-0.05, 0) is 6.08 Å². The minimum absolute atomic E-state index is 0.0213. The van der Waals surface area contributed by atoms with Gasteiger partial charge in [-0.3, -0.25) is 0 Å². The SMILES string of the molecule is O=C(O)/C=C/c1cccc(-c2c(Cl)c(Cl)c(Cl)c(Cl)c2Cl)c1F. The van der Waals surface area contributed by atoms with Crippen molar-refractivity contribution in [3.63, 3.8) is 0 Å². The van der Waals surface area contributed by atoms with Gasteiger partial charge in [-0.2, -0.15) is 0 Å². The van der Waals surface area contributed by atoms with E-state index < -0.39 is 11.8 Å². The van der Waals surface area contributed by atoms with Crippen molar-refractivity contribution in [2.24, 2.45) is 0 Å². The maximum absolute atomic E-state index is 14.7. The molecule has 2 rings (SSSR count). The van der Waals surface area contributed by atoms with Crippen molar-refractivity contribution in [3.8, 4) is 11.1 Å². The standard InChI is InChI=1S/C15H6Cl5FO2/c16-10-9(11(17)13(19)14(20)12(10)18)7-3-1-2-6(15(7)21)4-5-8(22)23/h1-5H,(H,22,23)/b5-4+. The molecule has 0 bridgehead atoms. The first-order valence-corrected chi connectivity index (χ1v) is 7.86. The minimum Gasteiger partial charge on any atom is -0.478 e. The number of rotatable bonds is 3. The van der Waals surface area contributed by atoms with E-state index >= 15 is 0 Å². The third kappa shape index (κ3) is 3.59. The summed E-state index contributed by atoms with van der Waals surface area (Å²) in [6, 6.07) is 4.34. The van der Waals surface area contributed by atoms with E-state index in [0.29, 0.717) is 0 Å². The third-order valence-corrected chi connectivity index (χ3v) is 5.19. The highest BCUT2D eigenvalue weighted by Gasteiger charge is 2.22. The highest BCUT2D eigenvalue weighted by Crippen LogP contribution is 2.48. The molecular formula is C15H6Cl5FO2. The van der Waals surface area contributed by atoms with Crippen LogP contribution in [0.15, 0.2) is 24.3 Å². The second-order valence-corrected chi connectivity index (χ2v) is 6.22. The molecule has 0 heterocycles. The molecule has 0 saturated carbocycles. The minimum atomic E-state index is -1.21. The Morgan fingerprint density at radius 3 is 2.00 bits per heavy atom. The van der Waals surface area contributed by atoms with Gasteiger partial charge in [0.25, 0.3) is 0 Å². The van der Waals surface area contributed by atoms with Gasteiger partial charge in [-0.25, -0.2) is 9.18 Å². The Kier molecular flexibility index (Phi) is 5.82. The number of carbonyl (C=O) groups is 1. The maximum atomic E-state index is 14.7. The number of carboxylic acids is 1. The van der Waals surface area contributed by atoms with Gasteiger partial charge in [0.05, 0.1) is 25.1 Å². The van der Waals surface area contributed by atoms with E-state index in [1.165, 1.54) is 18.2 Å². The van der Waals surface area contributed by atoms with Crippen LogP contribution in [0.25, 0.3) is 17.2 Å². The van der Waals surface area contributed by atoms with Crippen molar-refractivity contribution in [1.82, 2.24) is 0 Å². The highest BCUT2D eigenvalue weighted by molar-refractivity contribution is 6.56. The number of benzene rings is 2. The Morgan fingerprint density at radius 2 is 1.48 bits per heavy atom. The summed E-state index contributed by atoms with van der Waals surface area (Å²) in [5.41, 5.74) is 0.142. The maximum Gasteiger partial charge on any atom is 0.328 e. The quantitative estimate of drug-likeness (QED) is 0.338. The zero-order valence-corrected chi connectivity index (χ0v) is 14.8. The van der Waals surface area contributed by atoms with Gasteiger partial charge < -0.3 is 5.11 Å². The molecular weight excluding hydrogens is 408 g/mol. The third-order valence-electron chi connectivity index (χ3n) is 2.91. The molecule has 0 amide bonds. The van der Waals surface area contributed by atoms with Crippen LogP contribution in [0, 0.1) is 5.82 Å². The topological polar surface area (TPSA) is 37.3 Å². The van der Waals surface area contributed by atoms with Crippen LogP contribution in [0.1, 0.15) is 5.56 Å². The highest BCUT2D eigenvalue weighted by atomic mass is 35.5. The molecule has 0 unspecified atom stereocenters. The Labute approximate surface area is 156 Å². The Bertz CT molecular complexity index is 804. The fraction of sp³-hybridized carbons (Fsp3) is 0. The number of halogens is 6. The monoisotopic (exact) mass is 412 g/mol. The number of hydrogen-bond acceptors (Lipinski definition) is 1. The summed E-state index contributed by atoms with van der Waals surface area (Å²) in [4.78, 5) is 10.6. The number of carboxylic acid groups (broad SMARTS) is 1. The van der Waals surface area contributed by atoms with Crippen molar-refractivity contribution in [1.29, 1.82) is 0 Å². The largest absolute Gasteiger partial charge is 0.478 e. The first-order valence-electron chi connectivity index (χ1n) is 5.97. The van der Waals surface area contributed by atoms with Crippen LogP contribution >= 0.6 is 58.0 Å². The van der Waals surface area contributed by atoms with E-state index in [9.17, 15) is 9.18 Å². The average molecular weight is 414 g/mol. The molecule has 2 aromatic carbocycles. The first kappa shape index (κ1) is 18.4. The fourth-order valence-electron chi connectivity index (χ4n) is 1.87. The lowest BCUT2D eigenvalue weighted by Gasteiger charge is -2.14. The smallest absolute Gasteiger partial charge is 0.328 e. The zero-order valence-electron chi connectivity index (χ0n) is 11.0. The summed E-state index contributed by atoms with van der Waals surface area (Å²) in [5, 5.41) is 8.40. The van der Waals surface area contributed by atoms with E-state index in [4.69, 9.17) is 63.1 Å². The van der Waals surface area contributed by atoms with Gasteiger partial charge in [0.15, 0.2) is 0 Å². The van der Waals surface area contributed by atoms with Gasteiger partial charge >= 0.3 is 5.97 Å². The van der Waals surface area contributed by atoms with Crippen LogP contribution in [-0.4, -0.2) is 11.1 Å². The fourth-order valence-corrected chi connectivity index (χ4v) is 3.22. The molecule has 0 aromatic heterocycles. The predicted molar refractivity (Wildman–Crippen MR) is 93.6 cm³/mol. The zero-order chi connectivity index (χ0) is 17.3. The van der Waals surface area contributed by atoms with Gasteiger partial charge in [-0.1, -0.05) is 76.2 Å². The average Bonchev–Trinajstić information content (AvgIpc) is 2.51. The van der Waals surface area contributed by atoms with Crippen molar-refractivity contribution in [2.75, 3.05) is 0 Å². The number of hydrogen-bond donors (Lipinski definition) is 1. The van der Waals surface area contributed by atoms with E-state index in [1.807, 2.05) is 0 Å². The summed E-state index contributed by atoms with van der Waals surface area (Å²) >= 11 is 30.1. The molecule has 0 aliphatic heterocycles. The predicted octanol–water partition coefficient (Wildman–Crippen LogP) is 6.86. The molecule has 23 heavy (non-hydrogen) atoms. The normalized spacial score (nSPS) is 11.2. The van der Waals surface area contributed by atoms with Gasteiger partial charge in [0, 0.05) is 22.8 Å². The van der Waals surface area contributed by atoms with Gasteiger partial charge in [-0.15, -0.1) is 0 Å². The summed E-state index contributed by atoms with van der Waals surface area (Å²) in [6.45, 7) is 0. The summed E-state index contributed by atoms with van der Waals surface area (Å²) in [7, 11) is 0. The molecule has 120 valence electrons. The van der Waals surface area contributed by atoms with E-state index in [0.717, 1.165) is 12.2 Å². The van der Waals surface area contributed by atoms with Gasteiger partial charge in [0.2, 0.25) is 0 Å². The van der Waals surface area contributed by atoms with Crippen molar-refractivity contribution in [2.45, 2.75) is 0 Å². The molecule has 0 fully saturated rings. The molecule has 0 aliphatic carbocycles. The van der Waals surface area contributed by atoms with Crippen molar-refractivity contribution < 1.29 is 14.3 Å². The Morgan fingerprint density at radius 1 is 0.957 bits per heavy atom. The molecule has 2 aromatic rings.